The number of carbonyl (C=O) groups is 5. The van der Waals surface area contributed by atoms with Gasteiger partial charge in [0.15, 0.2) is 0 Å². The molecule has 0 saturated carbocycles. The van der Waals surface area contributed by atoms with E-state index < -0.39 is 40.6 Å². The normalized spacial score (nSPS) is 12.9. The van der Waals surface area contributed by atoms with Gasteiger partial charge in [-0.3, -0.25) is 9.59 Å². The Morgan fingerprint density at radius 1 is 0.765 bits per heavy atom. The number of alkyl carbamates (subject to hydrolysis) is 1. The van der Waals surface area contributed by atoms with Crippen LogP contribution in [0.3, 0.4) is 0 Å². The van der Waals surface area contributed by atoms with Gasteiger partial charge in [-0.1, -0.05) is 69.3 Å². The van der Waals surface area contributed by atoms with Crippen LogP contribution in [-0.4, -0.2) is 41.7 Å². The molecule has 1 amide bonds. The van der Waals surface area contributed by atoms with Crippen molar-refractivity contribution in [3.05, 3.63) is 59.7 Å². The van der Waals surface area contributed by atoms with E-state index in [9.17, 15) is 24.0 Å². The topological polar surface area (TPSA) is 116 Å². The highest BCUT2D eigenvalue weighted by Crippen LogP contribution is 2.44. The summed E-state index contributed by atoms with van der Waals surface area (Å²) in [4.78, 5) is 60.8. The number of fused-ring (bicyclic) bond motifs is 3. The van der Waals surface area contributed by atoms with E-state index in [0.29, 0.717) is 0 Å². The quantitative estimate of drug-likeness (QED) is 0.394. The molecule has 0 atom stereocenters. The zero-order valence-electron chi connectivity index (χ0n) is 19.8. The van der Waals surface area contributed by atoms with E-state index in [2.05, 4.69) is 10.1 Å². The molecule has 0 bridgehead atoms. The fourth-order valence-corrected chi connectivity index (χ4v) is 3.68. The van der Waals surface area contributed by atoms with E-state index in [1.165, 1.54) is 34.6 Å². The van der Waals surface area contributed by atoms with Crippen LogP contribution in [0.4, 0.5) is 4.79 Å². The molecule has 3 rings (SSSR count). The Morgan fingerprint density at radius 2 is 1.24 bits per heavy atom. The van der Waals surface area contributed by atoms with Crippen LogP contribution in [0.15, 0.2) is 48.5 Å². The summed E-state index contributed by atoms with van der Waals surface area (Å²) < 4.78 is 9.81. The van der Waals surface area contributed by atoms with E-state index in [1.807, 2.05) is 48.5 Å². The lowest BCUT2D eigenvalue weighted by Gasteiger charge is -2.24. The predicted octanol–water partition coefficient (Wildman–Crippen LogP) is 3.56. The van der Waals surface area contributed by atoms with Crippen LogP contribution in [0, 0.1) is 5.41 Å². The molecule has 0 heterocycles. The lowest BCUT2D eigenvalue weighted by atomic mass is 9.91. The molecule has 0 aromatic heterocycles. The van der Waals surface area contributed by atoms with E-state index in [1.54, 1.807) is 0 Å². The summed E-state index contributed by atoms with van der Waals surface area (Å²) in [6.07, 6.45) is -0.912. The number of hydrogen-bond acceptors (Lipinski definition) is 7. The maximum atomic E-state index is 12.5. The van der Waals surface area contributed by atoms with E-state index in [0.717, 1.165) is 22.3 Å². The first-order chi connectivity index (χ1) is 15.8. The molecule has 0 unspecified atom stereocenters. The molecule has 1 N–H and O–H groups in total. The van der Waals surface area contributed by atoms with Gasteiger partial charge >= 0.3 is 18.0 Å². The third-order valence-corrected chi connectivity index (χ3v) is 5.56. The molecule has 2 aromatic rings. The van der Waals surface area contributed by atoms with Crippen molar-refractivity contribution in [1.29, 1.82) is 0 Å². The van der Waals surface area contributed by atoms with Crippen molar-refractivity contribution < 1.29 is 33.4 Å². The van der Waals surface area contributed by atoms with Crippen LogP contribution in [0.25, 0.3) is 11.1 Å². The van der Waals surface area contributed by atoms with Crippen molar-refractivity contribution in [2.75, 3.05) is 6.61 Å². The van der Waals surface area contributed by atoms with Crippen LogP contribution in [0.5, 0.6) is 0 Å². The summed E-state index contributed by atoms with van der Waals surface area (Å²) in [5.41, 5.74) is 1.38. The molecule has 0 radical (unpaired) electrons. The smallest absolute Gasteiger partial charge is 0.407 e. The monoisotopic (exact) mass is 465 g/mol. The molecule has 178 valence electrons. The second kappa shape index (κ2) is 9.21. The number of Topliss-reactive ketones (excluding diaryl/α,β-unsaturated/α-hetero) is 2. The molecule has 8 heteroatoms. The minimum atomic E-state index is -1.73. The highest BCUT2D eigenvalue weighted by molar-refractivity contribution is 6.44. The van der Waals surface area contributed by atoms with Crippen LogP contribution in [-0.2, 0) is 28.7 Å². The zero-order valence-corrected chi connectivity index (χ0v) is 19.8. The number of ether oxygens (including phenoxy) is 2. The maximum Gasteiger partial charge on any atom is 0.407 e. The number of carbonyl (C=O) groups excluding carboxylic acids is 5. The first-order valence-corrected chi connectivity index (χ1v) is 10.8. The molecule has 34 heavy (non-hydrogen) atoms. The number of hydrogen-bond donors (Lipinski definition) is 1. The SMILES string of the molecule is CC(C)(C)C(=O)C(=O)OC(=O)C(=O)C(C)(C)NC(=O)OCC1c2ccccc2-c2ccccc21. The van der Waals surface area contributed by atoms with Gasteiger partial charge in [-0.25, -0.2) is 14.4 Å². The largest absolute Gasteiger partial charge is 0.449 e. The van der Waals surface area contributed by atoms with E-state index >= 15 is 0 Å². The third kappa shape index (κ3) is 5.06. The zero-order chi connectivity index (χ0) is 25.3. The first kappa shape index (κ1) is 24.8. The summed E-state index contributed by atoms with van der Waals surface area (Å²) >= 11 is 0. The Kier molecular flexibility index (Phi) is 6.72. The highest BCUT2D eigenvalue weighted by atomic mass is 16.6. The van der Waals surface area contributed by atoms with Crippen molar-refractivity contribution in [2.45, 2.75) is 46.1 Å². The number of nitrogens with one attached hydrogen (secondary N) is 1. The molecule has 0 spiro atoms. The van der Waals surface area contributed by atoms with Gasteiger partial charge in [0.1, 0.15) is 12.1 Å². The standard InChI is InChI=1S/C26H27NO7/c1-25(2,3)20(28)22(30)34-23(31)21(29)26(4,5)27-24(32)33-14-19-17-12-8-6-10-15(17)16-11-7-9-13-18(16)19/h6-13,19H,14H2,1-5H3,(H,27,32). The Labute approximate surface area is 197 Å². The van der Waals surface area contributed by atoms with Crippen molar-refractivity contribution in [3.63, 3.8) is 0 Å². The Balaban J connectivity index is 1.62. The fourth-order valence-electron chi connectivity index (χ4n) is 3.68. The average Bonchev–Trinajstić information content (AvgIpc) is 3.09. The Hall–Kier alpha value is -3.81. The molecular weight excluding hydrogens is 438 g/mol. The van der Waals surface area contributed by atoms with Gasteiger partial charge in [0, 0.05) is 11.3 Å². The maximum absolute atomic E-state index is 12.5. The Morgan fingerprint density at radius 3 is 1.74 bits per heavy atom. The van der Waals surface area contributed by atoms with Gasteiger partial charge in [-0.2, -0.15) is 0 Å². The number of rotatable bonds is 6. The van der Waals surface area contributed by atoms with Crippen LogP contribution in [0.2, 0.25) is 0 Å². The van der Waals surface area contributed by atoms with Gasteiger partial charge in [-0.05, 0) is 36.1 Å². The Bertz CT molecular complexity index is 1130. The molecule has 1 aliphatic rings. The fraction of sp³-hybridized carbons (Fsp3) is 0.346. The molecule has 1 aliphatic carbocycles. The van der Waals surface area contributed by atoms with Gasteiger partial charge in [0.25, 0.3) is 5.78 Å². The number of benzene rings is 2. The van der Waals surface area contributed by atoms with Gasteiger partial charge in [-0.15, -0.1) is 0 Å². The van der Waals surface area contributed by atoms with Crippen molar-refractivity contribution in [3.8, 4) is 11.1 Å². The second-order valence-electron chi connectivity index (χ2n) is 9.66. The van der Waals surface area contributed by atoms with Crippen LogP contribution in [0.1, 0.15) is 51.7 Å². The molecule has 2 aromatic carbocycles. The third-order valence-electron chi connectivity index (χ3n) is 5.56. The number of esters is 2. The van der Waals surface area contributed by atoms with E-state index in [4.69, 9.17) is 4.74 Å². The average molecular weight is 466 g/mol. The lowest BCUT2D eigenvalue weighted by Crippen LogP contribution is -2.53. The predicted molar refractivity (Wildman–Crippen MR) is 123 cm³/mol. The number of ketones is 2. The van der Waals surface area contributed by atoms with Crippen LogP contribution < -0.4 is 5.32 Å². The van der Waals surface area contributed by atoms with Crippen LogP contribution >= 0.6 is 0 Å². The number of amides is 1. The van der Waals surface area contributed by atoms with Crippen molar-refractivity contribution >= 4 is 29.6 Å². The summed E-state index contributed by atoms with van der Waals surface area (Å²) in [5.74, 6) is -5.29. The van der Waals surface area contributed by atoms with Gasteiger partial charge in [0.05, 0.1) is 0 Å². The summed E-state index contributed by atoms with van der Waals surface area (Å²) in [5, 5.41) is 2.33. The molecule has 0 aliphatic heterocycles. The minimum Gasteiger partial charge on any atom is -0.449 e. The second-order valence-corrected chi connectivity index (χ2v) is 9.66. The van der Waals surface area contributed by atoms with Crippen molar-refractivity contribution in [2.24, 2.45) is 5.41 Å². The molecule has 8 nitrogen and oxygen atoms in total. The summed E-state index contributed by atoms with van der Waals surface area (Å²) in [7, 11) is 0. The first-order valence-electron chi connectivity index (χ1n) is 10.8. The minimum absolute atomic E-state index is 0.0210. The van der Waals surface area contributed by atoms with Gasteiger partial charge < -0.3 is 14.8 Å². The van der Waals surface area contributed by atoms with Gasteiger partial charge in [0.2, 0.25) is 5.78 Å². The summed E-state index contributed by atoms with van der Waals surface area (Å²) in [6, 6.07) is 15.7. The molecule has 0 saturated heterocycles. The van der Waals surface area contributed by atoms with E-state index in [-0.39, 0.29) is 12.5 Å². The molecule has 0 fully saturated rings. The lowest BCUT2D eigenvalue weighted by molar-refractivity contribution is -0.170. The molecular formula is C26H27NO7. The van der Waals surface area contributed by atoms with Crippen molar-refractivity contribution in [1.82, 2.24) is 5.32 Å². The highest BCUT2D eigenvalue weighted by Gasteiger charge is 2.40. The summed E-state index contributed by atoms with van der Waals surface area (Å²) in [6.45, 7) is 7.00.